The van der Waals surface area contributed by atoms with E-state index in [1.807, 2.05) is 6.07 Å². The van der Waals surface area contributed by atoms with Gasteiger partial charge in [-0.25, -0.2) is 4.79 Å². The maximum atomic E-state index is 11.8. The molecule has 3 aromatic rings. The standard InChI is InChI=1S/C15H12ClNO3/c16-11-5-3-4-10(8-11)13(18)9-17-12-6-1-2-7-14(12)20-15(17)19/h1-8,13,18H,9H2. The average Bonchev–Trinajstić information content (AvgIpc) is 2.75. The van der Waals surface area contributed by atoms with Crippen molar-refractivity contribution in [3.05, 3.63) is 69.7 Å². The lowest BCUT2D eigenvalue weighted by Gasteiger charge is -2.11. The molecular formula is C15H12ClNO3. The third-order valence-electron chi connectivity index (χ3n) is 3.16. The van der Waals surface area contributed by atoms with Crippen LogP contribution in [0.4, 0.5) is 0 Å². The van der Waals surface area contributed by atoms with Crippen molar-refractivity contribution in [2.75, 3.05) is 0 Å². The van der Waals surface area contributed by atoms with Gasteiger partial charge in [0.15, 0.2) is 5.58 Å². The van der Waals surface area contributed by atoms with Crippen LogP contribution in [0.25, 0.3) is 11.1 Å². The predicted octanol–water partition coefficient (Wildman–Crippen LogP) is 2.98. The van der Waals surface area contributed by atoms with E-state index < -0.39 is 11.9 Å². The van der Waals surface area contributed by atoms with Crippen LogP contribution in [0.5, 0.6) is 0 Å². The second kappa shape index (κ2) is 5.15. The molecule has 1 aromatic heterocycles. The molecule has 0 aliphatic rings. The van der Waals surface area contributed by atoms with E-state index in [4.69, 9.17) is 16.0 Å². The second-order valence-corrected chi connectivity index (χ2v) is 4.95. The zero-order valence-corrected chi connectivity index (χ0v) is 11.2. The van der Waals surface area contributed by atoms with Gasteiger partial charge in [0.05, 0.1) is 18.2 Å². The fraction of sp³-hybridized carbons (Fsp3) is 0.133. The van der Waals surface area contributed by atoms with E-state index >= 15 is 0 Å². The molecule has 1 atom stereocenters. The van der Waals surface area contributed by atoms with Gasteiger partial charge in [0.1, 0.15) is 0 Å². The van der Waals surface area contributed by atoms with Crippen molar-refractivity contribution in [1.29, 1.82) is 0 Å². The fourth-order valence-electron chi connectivity index (χ4n) is 2.18. The first-order valence-electron chi connectivity index (χ1n) is 6.17. The summed E-state index contributed by atoms with van der Waals surface area (Å²) in [6, 6.07) is 14.1. The van der Waals surface area contributed by atoms with Crippen molar-refractivity contribution in [1.82, 2.24) is 4.57 Å². The number of aliphatic hydroxyl groups excluding tert-OH is 1. The van der Waals surface area contributed by atoms with Crippen LogP contribution in [-0.2, 0) is 6.54 Å². The molecule has 1 heterocycles. The topological polar surface area (TPSA) is 55.4 Å². The van der Waals surface area contributed by atoms with Crippen LogP contribution in [-0.4, -0.2) is 9.67 Å². The minimum Gasteiger partial charge on any atom is -0.408 e. The van der Waals surface area contributed by atoms with Gasteiger partial charge in [-0.1, -0.05) is 35.9 Å². The van der Waals surface area contributed by atoms with Crippen molar-refractivity contribution in [2.45, 2.75) is 12.6 Å². The van der Waals surface area contributed by atoms with Crippen molar-refractivity contribution in [2.24, 2.45) is 0 Å². The van der Waals surface area contributed by atoms with Crippen LogP contribution in [0.2, 0.25) is 5.02 Å². The molecular weight excluding hydrogens is 278 g/mol. The lowest BCUT2D eigenvalue weighted by molar-refractivity contribution is 0.155. The van der Waals surface area contributed by atoms with E-state index in [0.717, 1.165) is 0 Å². The second-order valence-electron chi connectivity index (χ2n) is 4.52. The number of para-hydroxylation sites is 2. The summed E-state index contributed by atoms with van der Waals surface area (Å²) in [4.78, 5) is 11.8. The lowest BCUT2D eigenvalue weighted by atomic mass is 10.1. The van der Waals surface area contributed by atoms with Crippen LogP contribution in [0.3, 0.4) is 0 Å². The molecule has 0 aliphatic heterocycles. The summed E-state index contributed by atoms with van der Waals surface area (Å²) in [6.45, 7) is 0.121. The van der Waals surface area contributed by atoms with E-state index in [9.17, 15) is 9.90 Å². The normalized spacial score (nSPS) is 12.7. The van der Waals surface area contributed by atoms with Crippen LogP contribution < -0.4 is 5.76 Å². The maximum Gasteiger partial charge on any atom is 0.420 e. The molecule has 1 unspecified atom stereocenters. The largest absolute Gasteiger partial charge is 0.420 e. The predicted molar refractivity (Wildman–Crippen MR) is 76.9 cm³/mol. The summed E-state index contributed by atoms with van der Waals surface area (Å²) in [5, 5.41) is 10.8. The molecule has 4 nitrogen and oxygen atoms in total. The zero-order chi connectivity index (χ0) is 14.1. The Hall–Kier alpha value is -2.04. The molecule has 0 amide bonds. The number of hydrogen-bond donors (Lipinski definition) is 1. The highest BCUT2D eigenvalue weighted by Gasteiger charge is 2.14. The third-order valence-corrected chi connectivity index (χ3v) is 3.40. The number of hydrogen-bond acceptors (Lipinski definition) is 3. The van der Waals surface area contributed by atoms with Gasteiger partial charge in [0.2, 0.25) is 0 Å². The summed E-state index contributed by atoms with van der Waals surface area (Å²) in [7, 11) is 0. The van der Waals surface area contributed by atoms with Gasteiger partial charge in [-0.15, -0.1) is 0 Å². The van der Waals surface area contributed by atoms with Gasteiger partial charge >= 0.3 is 5.76 Å². The Balaban J connectivity index is 1.97. The smallest absolute Gasteiger partial charge is 0.408 e. The summed E-state index contributed by atoms with van der Waals surface area (Å²) in [5.41, 5.74) is 1.84. The number of aliphatic hydroxyl groups is 1. The molecule has 5 heteroatoms. The third kappa shape index (κ3) is 2.35. The number of aromatic nitrogens is 1. The van der Waals surface area contributed by atoms with Crippen LogP contribution in [0.15, 0.2) is 57.7 Å². The van der Waals surface area contributed by atoms with Crippen LogP contribution >= 0.6 is 11.6 Å². The Morgan fingerprint density at radius 2 is 2.00 bits per heavy atom. The van der Waals surface area contributed by atoms with Gasteiger partial charge in [0.25, 0.3) is 0 Å². The number of oxazole rings is 1. The van der Waals surface area contributed by atoms with E-state index in [1.165, 1.54) is 4.57 Å². The first-order valence-corrected chi connectivity index (χ1v) is 6.55. The summed E-state index contributed by atoms with van der Waals surface area (Å²) in [6.07, 6.45) is -0.826. The fourth-order valence-corrected chi connectivity index (χ4v) is 2.38. The molecule has 0 spiro atoms. The molecule has 0 saturated heterocycles. The lowest BCUT2D eigenvalue weighted by Crippen LogP contribution is -2.18. The molecule has 0 bridgehead atoms. The minimum atomic E-state index is -0.826. The molecule has 3 rings (SSSR count). The Morgan fingerprint density at radius 1 is 1.20 bits per heavy atom. The van der Waals surface area contributed by atoms with Gasteiger partial charge in [0, 0.05) is 5.02 Å². The van der Waals surface area contributed by atoms with Crippen molar-refractivity contribution in [3.63, 3.8) is 0 Å². The SMILES string of the molecule is O=c1oc2ccccc2n1CC(O)c1cccc(Cl)c1. The molecule has 0 fully saturated rings. The zero-order valence-electron chi connectivity index (χ0n) is 10.5. The number of fused-ring (bicyclic) bond motifs is 1. The van der Waals surface area contributed by atoms with Gasteiger partial charge in [-0.2, -0.15) is 0 Å². The van der Waals surface area contributed by atoms with Crippen molar-refractivity contribution in [3.8, 4) is 0 Å². The molecule has 2 aromatic carbocycles. The Labute approximate surface area is 119 Å². The van der Waals surface area contributed by atoms with E-state index in [1.54, 1.807) is 42.5 Å². The first-order chi connectivity index (χ1) is 9.65. The van der Waals surface area contributed by atoms with Crippen LogP contribution in [0, 0.1) is 0 Å². The Kier molecular flexibility index (Phi) is 3.34. The number of rotatable bonds is 3. The molecule has 20 heavy (non-hydrogen) atoms. The maximum absolute atomic E-state index is 11.8. The monoisotopic (exact) mass is 289 g/mol. The summed E-state index contributed by atoms with van der Waals surface area (Å²) < 4.78 is 6.55. The van der Waals surface area contributed by atoms with E-state index in [0.29, 0.717) is 21.7 Å². The highest BCUT2D eigenvalue weighted by atomic mass is 35.5. The van der Waals surface area contributed by atoms with E-state index in [2.05, 4.69) is 0 Å². The molecule has 0 aliphatic carbocycles. The quantitative estimate of drug-likeness (QED) is 0.806. The Bertz CT molecular complexity index is 806. The Morgan fingerprint density at radius 3 is 2.80 bits per heavy atom. The first kappa shape index (κ1) is 13.0. The molecule has 0 saturated carbocycles. The van der Waals surface area contributed by atoms with Gasteiger partial charge in [-0.3, -0.25) is 4.57 Å². The van der Waals surface area contributed by atoms with Gasteiger partial charge in [-0.05, 0) is 29.8 Å². The molecule has 1 N–H and O–H groups in total. The highest BCUT2D eigenvalue weighted by molar-refractivity contribution is 6.30. The number of halogens is 1. The summed E-state index contributed by atoms with van der Waals surface area (Å²) >= 11 is 5.90. The van der Waals surface area contributed by atoms with Crippen molar-refractivity contribution >= 4 is 22.7 Å². The van der Waals surface area contributed by atoms with Gasteiger partial charge < -0.3 is 9.52 Å². The molecule has 0 radical (unpaired) electrons. The number of nitrogens with zero attached hydrogens (tertiary/aromatic N) is 1. The van der Waals surface area contributed by atoms with Crippen LogP contribution in [0.1, 0.15) is 11.7 Å². The number of benzene rings is 2. The van der Waals surface area contributed by atoms with Crippen molar-refractivity contribution < 1.29 is 9.52 Å². The minimum absolute atomic E-state index is 0.121. The van der Waals surface area contributed by atoms with E-state index in [-0.39, 0.29) is 6.54 Å². The molecule has 102 valence electrons. The highest BCUT2D eigenvalue weighted by Crippen LogP contribution is 2.20. The summed E-state index contributed by atoms with van der Waals surface area (Å²) in [5.74, 6) is -0.479. The average molecular weight is 290 g/mol.